The molecule has 0 saturated heterocycles. The largest absolute Gasteiger partial charge is 0.378 e. The molecular formula is C15H25N3. The normalized spacial score (nSPS) is 23.9. The molecule has 3 heteroatoms. The molecule has 1 aliphatic carbocycles. The minimum absolute atomic E-state index is 0.396. The number of nitrogens with one attached hydrogen (secondary N) is 1. The van der Waals surface area contributed by atoms with Crippen molar-refractivity contribution in [2.75, 3.05) is 19.0 Å². The minimum atomic E-state index is 0.396. The van der Waals surface area contributed by atoms with Crippen LogP contribution in [0.1, 0.15) is 31.2 Å². The van der Waals surface area contributed by atoms with Gasteiger partial charge < -0.3 is 16.0 Å². The van der Waals surface area contributed by atoms with Crippen LogP contribution >= 0.6 is 0 Å². The molecule has 3 nitrogen and oxygen atoms in total. The predicted octanol–water partition coefficient (Wildman–Crippen LogP) is 2.11. The highest BCUT2D eigenvalue weighted by molar-refractivity contribution is 5.45. The Morgan fingerprint density at radius 1 is 1.22 bits per heavy atom. The summed E-state index contributed by atoms with van der Waals surface area (Å²) in [7, 11) is 4.13. The smallest absolute Gasteiger partial charge is 0.0361 e. The van der Waals surface area contributed by atoms with Gasteiger partial charge in [-0.1, -0.05) is 18.6 Å². The second-order valence-electron chi connectivity index (χ2n) is 5.57. The van der Waals surface area contributed by atoms with Gasteiger partial charge in [0.2, 0.25) is 0 Å². The van der Waals surface area contributed by atoms with E-state index in [0.717, 1.165) is 13.0 Å². The summed E-state index contributed by atoms with van der Waals surface area (Å²) in [5.74, 6) is 0. The number of nitrogens with zero attached hydrogens (tertiary/aromatic N) is 1. The van der Waals surface area contributed by atoms with Crippen molar-refractivity contribution in [3.05, 3.63) is 29.8 Å². The summed E-state index contributed by atoms with van der Waals surface area (Å²) in [4.78, 5) is 2.12. The molecule has 2 unspecified atom stereocenters. The molecule has 1 saturated carbocycles. The van der Waals surface area contributed by atoms with Crippen molar-refractivity contribution >= 4 is 5.69 Å². The van der Waals surface area contributed by atoms with Crippen LogP contribution in [-0.4, -0.2) is 26.2 Å². The molecule has 2 atom stereocenters. The molecule has 1 aromatic carbocycles. The van der Waals surface area contributed by atoms with Crippen LogP contribution in [0.5, 0.6) is 0 Å². The first kappa shape index (κ1) is 13.4. The molecular weight excluding hydrogens is 222 g/mol. The van der Waals surface area contributed by atoms with E-state index >= 15 is 0 Å². The second kappa shape index (κ2) is 6.21. The first-order valence-electron chi connectivity index (χ1n) is 6.90. The summed E-state index contributed by atoms with van der Waals surface area (Å²) in [6, 6.07) is 9.73. The van der Waals surface area contributed by atoms with E-state index in [1.807, 2.05) is 0 Å². The summed E-state index contributed by atoms with van der Waals surface area (Å²) in [6.45, 7) is 0.949. The lowest BCUT2D eigenvalue weighted by molar-refractivity contribution is 0.338. The Morgan fingerprint density at radius 3 is 2.56 bits per heavy atom. The molecule has 0 bridgehead atoms. The van der Waals surface area contributed by atoms with Crippen LogP contribution in [0.15, 0.2) is 24.3 Å². The fourth-order valence-corrected chi connectivity index (χ4v) is 2.59. The molecule has 0 amide bonds. The van der Waals surface area contributed by atoms with Gasteiger partial charge in [0.15, 0.2) is 0 Å². The molecule has 3 N–H and O–H groups in total. The average molecular weight is 247 g/mol. The first-order chi connectivity index (χ1) is 8.65. The topological polar surface area (TPSA) is 41.3 Å². The van der Waals surface area contributed by atoms with E-state index in [9.17, 15) is 0 Å². The quantitative estimate of drug-likeness (QED) is 0.856. The van der Waals surface area contributed by atoms with Crippen LogP contribution in [0.2, 0.25) is 0 Å². The Labute approximate surface area is 110 Å². The summed E-state index contributed by atoms with van der Waals surface area (Å²) in [6.07, 6.45) is 4.84. The highest BCUT2D eigenvalue weighted by atomic mass is 15.1. The van der Waals surface area contributed by atoms with Crippen LogP contribution in [0.25, 0.3) is 0 Å². The third-order valence-electron chi connectivity index (χ3n) is 3.76. The molecule has 0 spiro atoms. The van der Waals surface area contributed by atoms with Gasteiger partial charge in [0.1, 0.15) is 0 Å². The maximum absolute atomic E-state index is 6.00. The molecule has 0 aromatic heterocycles. The minimum Gasteiger partial charge on any atom is -0.378 e. The third kappa shape index (κ3) is 3.72. The Morgan fingerprint density at radius 2 is 1.94 bits per heavy atom. The molecule has 1 aliphatic rings. The van der Waals surface area contributed by atoms with Gasteiger partial charge in [-0.3, -0.25) is 0 Å². The SMILES string of the molecule is CN(C)c1ccc(CNC2CCCC(N)C2)cc1. The zero-order chi connectivity index (χ0) is 13.0. The number of nitrogens with two attached hydrogens (primary N) is 1. The highest BCUT2D eigenvalue weighted by Gasteiger charge is 2.18. The molecule has 1 fully saturated rings. The summed E-state index contributed by atoms with van der Waals surface area (Å²) in [5, 5.41) is 3.62. The van der Waals surface area contributed by atoms with E-state index in [4.69, 9.17) is 5.73 Å². The van der Waals surface area contributed by atoms with Crippen molar-refractivity contribution < 1.29 is 0 Å². The molecule has 0 heterocycles. The van der Waals surface area contributed by atoms with Crippen molar-refractivity contribution in [2.45, 2.75) is 44.3 Å². The van der Waals surface area contributed by atoms with Gasteiger partial charge in [0.25, 0.3) is 0 Å². The van der Waals surface area contributed by atoms with Crippen LogP contribution in [0.3, 0.4) is 0 Å². The Hall–Kier alpha value is -1.06. The molecule has 18 heavy (non-hydrogen) atoms. The van der Waals surface area contributed by atoms with Crippen LogP contribution in [0.4, 0.5) is 5.69 Å². The van der Waals surface area contributed by atoms with E-state index in [1.54, 1.807) is 0 Å². The van der Waals surface area contributed by atoms with Crippen molar-refractivity contribution in [1.29, 1.82) is 0 Å². The molecule has 100 valence electrons. The zero-order valence-electron chi connectivity index (χ0n) is 11.5. The molecule has 0 radical (unpaired) electrons. The Bertz CT molecular complexity index is 359. The lowest BCUT2D eigenvalue weighted by Crippen LogP contribution is -2.39. The van der Waals surface area contributed by atoms with Crippen molar-refractivity contribution in [3.8, 4) is 0 Å². The van der Waals surface area contributed by atoms with Crippen LogP contribution < -0.4 is 16.0 Å². The fourth-order valence-electron chi connectivity index (χ4n) is 2.59. The lowest BCUT2D eigenvalue weighted by atomic mass is 9.91. The Kier molecular flexibility index (Phi) is 4.61. The van der Waals surface area contributed by atoms with Gasteiger partial charge in [0, 0.05) is 38.4 Å². The van der Waals surface area contributed by atoms with Crippen molar-refractivity contribution in [1.82, 2.24) is 5.32 Å². The monoisotopic (exact) mass is 247 g/mol. The van der Waals surface area contributed by atoms with Gasteiger partial charge in [0.05, 0.1) is 0 Å². The van der Waals surface area contributed by atoms with Gasteiger partial charge in [-0.05, 0) is 37.0 Å². The molecule has 0 aliphatic heterocycles. The standard InChI is InChI=1S/C15H25N3/c1-18(2)15-8-6-12(7-9-15)11-17-14-5-3-4-13(16)10-14/h6-9,13-14,17H,3-5,10-11,16H2,1-2H3. The number of rotatable bonds is 4. The maximum atomic E-state index is 6.00. The van der Waals surface area contributed by atoms with Gasteiger partial charge in [-0.15, -0.1) is 0 Å². The maximum Gasteiger partial charge on any atom is 0.0361 e. The van der Waals surface area contributed by atoms with E-state index in [0.29, 0.717) is 12.1 Å². The third-order valence-corrected chi connectivity index (χ3v) is 3.76. The molecule has 2 rings (SSSR count). The number of hydrogen-bond acceptors (Lipinski definition) is 3. The predicted molar refractivity (Wildman–Crippen MR) is 77.8 cm³/mol. The van der Waals surface area contributed by atoms with Gasteiger partial charge >= 0.3 is 0 Å². The van der Waals surface area contributed by atoms with Gasteiger partial charge in [-0.2, -0.15) is 0 Å². The second-order valence-corrected chi connectivity index (χ2v) is 5.57. The summed E-state index contributed by atoms with van der Waals surface area (Å²) < 4.78 is 0. The number of anilines is 1. The lowest BCUT2D eigenvalue weighted by Gasteiger charge is -2.27. The van der Waals surface area contributed by atoms with E-state index in [1.165, 1.54) is 30.5 Å². The van der Waals surface area contributed by atoms with E-state index in [-0.39, 0.29) is 0 Å². The summed E-state index contributed by atoms with van der Waals surface area (Å²) >= 11 is 0. The first-order valence-corrected chi connectivity index (χ1v) is 6.90. The van der Waals surface area contributed by atoms with Crippen LogP contribution in [0, 0.1) is 0 Å². The van der Waals surface area contributed by atoms with Crippen LogP contribution in [-0.2, 0) is 6.54 Å². The highest BCUT2D eigenvalue weighted by Crippen LogP contribution is 2.18. The fraction of sp³-hybridized carbons (Fsp3) is 0.600. The van der Waals surface area contributed by atoms with Crippen molar-refractivity contribution in [2.24, 2.45) is 5.73 Å². The number of benzene rings is 1. The number of hydrogen-bond donors (Lipinski definition) is 2. The Balaban J connectivity index is 1.82. The molecule has 1 aromatic rings. The van der Waals surface area contributed by atoms with E-state index in [2.05, 4.69) is 48.6 Å². The summed E-state index contributed by atoms with van der Waals surface area (Å²) in [5.41, 5.74) is 8.60. The van der Waals surface area contributed by atoms with Crippen molar-refractivity contribution in [3.63, 3.8) is 0 Å². The van der Waals surface area contributed by atoms with Gasteiger partial charge in [-0.25, -0.2) is 0 Å². The van der Waals surface area contributed by atoms with E-state index < -0.39 is 0 Å². The zero-order valence-corrected chi connectivity index (χ0v) is 11.5. The average Bonchev–Trinajstić information content (AvgIpc) is 2.37.